The summed E-state index contributed by atoms with van der Waals surface area (Å²) < 4.78 is 26.0. The lowest BCUT2D eigenvalue weighted by Gasteiger charge is -2.10. The largest absolute Gasteiger partial charge is 0.386 e. The summed E-state index contributed by atoms with van der Waals surface area (Å²) in [7, 11) is 0. The van der Waals surface area contributed by atoms with Crippen molar-refractivity contribution in [2.24, 2.45) is 0 Å². The standard InChI is InChI=1S/C13H11F2NO2S/c14-8-3-4-9(10(15)6-8)13(18)16-7-11(17)12-2-1-5-19-12/h1-6,11,17H,7H2,(H,16,18). The molecule has 3 nitrogen and oxygen atoms in total. The van der Waals surface area contributed by atoms with Crippen LogP contribution in [0.4, 0.5) is 8.78 Å². The fourth-order valence-electron chi connectivity index (χ4n) is 1.54. The van der Waals surface area contributed by atoms with Crippen LogP contribution < -0.4 is 5.32 Å². The van der Waals surface area contributed by atoms with E-state index in [1.54, 1.807) is 17.5 Å². The highest BCUT2D eigenvalue weighted by molar-refractivity contribution is 7.10. The van der Waals surface area contributed by atoms with Crippen LogP contribution in [0.3, 0.4) is 0 Å². The third-order valence-corrected chi connectivity index (χ3v) is 3.48. The van der Waals surface area contributed by atoms with Crippen LogP contribution in [0.15, 0.2) is 35.7 Å². The van der Waals surface area contributed by atoms with Crippen molar-refractivity contribution >= 4 is 17.2 Å². The molecule has 0 saturated carbocycles. The number of benzene rings is 1. The van der Waals surface area contributed by atoms with E-state index in [0.717, 1.165) is 12.1 Å². The average Bonchev–Trinajstić information content (AvgIpc) is 2.89. The van der Waals surface area contributed by atoms with Gasteiger partial charge >= 0.3 is 0 Å². The SMILES string of the molecule is O=C(NCC(O)c1cccs1)c1ccc(F)cc1F. The Morgan fingerprint density at radius 3 is 2.79 bits per heavy atom. The van der Waals surface area contributed by atoms with Gasteiger partial charge in [0.05, 0.1) is 5.56 Å². The topological polar surface area (TPSA) is 49.3 Å². The van der Waals surface area contributed by atoms with Gasteiger partial charge in [-0.3, -0.25) is 4.79 Å². The summed E-state index contributed by atoms with van der Waals surface area (Å²) in [4.78, 5) is 12.4. The maximum atomic E-state index is 13.3. The van der Waals surface area contributed by atoms with Gasteiger partial charge in [0.15, 0.2) is 0 Å². The fraction of sp³-hybridized carbons (Fsp3) is 0.154. The maximum Gasteiger partial charge on any atom is 0.254 e. The average molecular weight is 283 g/mol. The van der Waals surface area contributed by atoms with Crippen LogP contribution in [0.2, 0.25) is 0 Å². The van der Waals surface area contributed by atoms with E-state index in [9.17, 15) is 18.7 Å². The first-order chi connectivity index (χ1) is 9.08. The Morgan fingerprint density at radius 1 is 1.37 bits per heavy atom. The van der Waals surface area contributed by atoms with Gasteiger partial charge in [-0.1, -0.05) is 6.07 Å². The molecular weight excluding hydrogens is 272 g/mol. The normalized spacial score (nSPS) is 12.2. The third-order valence-electron chi connectivity index (χ3n) is 2.50. The predicted molar refractivity (Wildman–Crippen MR) is 68.0 cm³/mol. The molecule has 0 aliphatic carbocycles. The number of carbonyl (C=O) groups is 1. The number of aliphatic hydroxyl groups excluding tert-OH is 1. The van der Waals surface area contributed by atoms with Gasteiger partial charge in [-0.2, -0.15) is 0 Å². The van der Waals surface area contributed by atoms with Crippen LogP contribution >= 0.6 is 11.3 Å². The van der Waals surface area contributed by atoms with E-state index in [1.807, 2.05) is 0 Å². The van der Waals surface area contributed by atoms with E-state index >= 15 is 0 Å². The Labute approximate surface area is 112 Å². The zero-order valence-electron chi connectivity index (χ0n) is 9.77. The number of rotatable bonds is 4. The van der Waals surface area contributed by atoms with Gasteiger partial charge in [0, 0.05) is 17.5 Å². The van der Waals surface area contributed by atoms with Crippen LogP contribution in [0, 0.1) is 11.6 Å². The van der Waals surface area contributed by atoms with Crippen molar-refractivity contribution in [3.63, 3.8) is 0 Å². The Balaban J connectivity index is 1.98. The second kappa shape index (κ2) is 5.90. The fourth-order valence-corrected chi connectivity index (χ4v) is 2.25. The van der Waals surface area contributed by atoms with Crippen molar-refractivity contribution in [1.29, 1.82) is 0 Å². The molecule has 1 amide bonds. The second-order valence-corrected chi connectivity index (χ2v) is 4.84. The van der Waals surface area contributed by atoms with E-state index < -0.39 is 23.6 Å². The Morgan fingerprint density at radius 2 is 2.16 bits per heavy atom. The van der Waals surface area contributed by atoms with E-state index in [2.05, 4.69) is 5.32 Å². The number of thiophene rings is 1. The quantitative estimate of drug-likeness (QED) is 0.905. The highest BCUT2D eigenvalue weighted by atomic mass is 32.1. The van der Waals surface area contributed by atoms with Gasteiger partial charge < -0.3 is 10.4 Å². The molecule has 1 atom stereocenters. The van der Waals surface area contributed by atoms with Crippen LogP contribution in [-0.2, 0) is 0 Å². The third kappa shape index (κ3) is 3.36. The van der Waals surface area contributed by atoms with Crippen molar-refractivity contribution in [2.45, 2.75) is 6.10 Å². The van der Waals surface area contributed by atoms with Gasteiger partial charge in [0.25, 0.3) is 5.91 Å². The number of hydrogen-bond acceptors (Lipinski definition) is 3. The Hall–Kier alpha value is -1.79. The van der Waals surface area contributed by atoms with Crippen molar-refractivity contribution in [3.05, 3.63) is 57.8 Å². The first-order valence-corrected chi connectivity index (χ1v) is 6.40. The van der Waals surface area contributed by atoms with Crippen molar-refractivity contribution < 1.29 is 18.7 Å². The number of hydrogen-bond donors (Lipinski definition) is 2. The number of carbonyl (C=O) groups excluding carboxylic acids is 1. The Bertz CT molecular complexity index is 572. The molecule has 1 aromatic carbocycles. The summed E-state index contributed by atoms with van der Waals surface area (Å²) >= 11 is 1.36. The smallest absolute Gasteiger partial charge is 0.254 e. The molecule has 0 aliphatic heterocycles. The first-order valence-electron chi connectivity index (χ1n) is 5.52. The van der Waals surface area contributed by atoms with E-state index in [0.29, 0.717) is 10.9 Å². The second-order valence-electron chi connectivity index (χ2n) is 3.87. The van der Waals surface area contributed by atoms with Gasteiger partial charge in [-0.15, -0.1) is 11.3 Å². The molecule has 1 heterocycles. The van der Waals surface area contributed by atoms with E-state index in [-0.39, 0.29) is 12.1 Å². The lowest BCUT2D eigenvalue weighted by molar-refractivity contribution is 0.0914. The van der Waals surface area contributed by atoms with Crippen LogP contribution in [-0.4, -0.2) is 17.6 Å². The first kappa shape index (κ1) is 13.6. The van der Waals surface area contributed by atoms with Gasteiger partial charge in [0.2, 0.25) is 0 Å². The van der Waals surface area contributed by atoms with E-state index in [4.69, 9.17) is 0 Å². The van der Waals surface area contributed by atoms with Crippen molar-refractivity contribution in [2.75, 3.05) is 6.54 Å². The molecule has 1 aromatic heterocycles. The zero-order valence-corrected chi connectivity index (χ0v) is 10.6. The summed E-state index contributed by atoms with van der Waals surface area (Å²) in [5, 5.41) is 14.0. The van der Waals surface area contributed by atoms with Crippen LogP contribution in [0.1, 0.15) is 21.3 Å². The molecule has 2 aromatic rings. The van der Waals surface area contributed by atoms with Gasteiger partial charge in [0.1, 0.15) is 17.7 Å². The molecular formula is C13H11F2NO2S. The number of halogens is 2. The lowest BCUT2D eigenvalue weighted by atomic mass is 10.2. The summed E-state index contributed by atoms with van der Waals surface area (Å²) in [5.41, 5.74) is -0.250. The minimum atomic E-state index is -0.928. The highest BCUT2D eigenvalue weighted by Gasteiger charge is 2.15. The minimum Gasteiger partial charge on any atom is -0.386 e. The van der Waals surface area contributed by atoms with Crippen molar-refractivity contribution in [3.8, 4) is 0 Å². The van der Waals surface area contributed by atoms with Gasteiger partial charge in [-0.05, 0) is 23.6 Å². The Kier molecular flexibility index (Phi) is 4.24. The lowest BCUT2D eigenvalue weighted by Crippen LogP contribution is -2.28. The zero-order chi connectivity index (χ0) is 13.8. The molecule has 0 bridgehead atoms. The molecule has 0 saturated heterocycles. The molecule has 6 heteroatoms. The highest BCUT2D eigenvalue weighted by Crippen LogP contribution is 2.18. The summed E-state index contributed by atoms with van der Waals surface area (Å²) in [6.07, 6.45) is -0.840. The van der Waals surface area contributed by atoms with Gasteiger partial charge in [-0.25, -0.2) is 8.78 Å². The summed E-state index contributed by atoms with van der Waals surface area (Å²) in [6, 6.07) is 6.24. The number of nitrogens with one attached hydrogen (secondary N) is 1. The maximum absolute atomic E-state index is 13.3. The molecule has 0 aliphatic rings. The van der Waals surface area contributed by atoms with Crippen LogP contribution in [0.5, 0.6) is 0 Å². The predicted octanol–water partition coefficient (Wildman–Crippen LogP) is 2.49. The number of aliphatic hydroxyl groups is 1. The molecule has 2 rings (SSSR count). The molecule has 100 valence electrons. The van der Waals surface area contributed by atoms with Crippen LogP contribution in [0.25, 0.3) is 0 Å². The summed E-state index contributed by atoms with van der Waals surface area (Å²) in [6.45, 7) is -0.0316. The van der Waals surface area contributed by atoms with E-state index in [1.165, 1.54) is 11.3 Å². The summed E-state index contributed by atoms with van der Waals surface area (Å²) in [5.74, 6) is -2.36. The molecule has 0 fully saturated rings. The number of amides is 1. The molecule has 2 N–H and O–H groups in total. The molecule has 1 unspecified atom stereocenters. The monoisotopic (exact) mass is 283 g/mol. The minimum absolute atomic E-state index is 0.0316. The molecule has 0 spiro atoms. The molecule has 19 heavy (non-hydrogen) atoms. The van der Waals surface area contributed by atoms with Crippen molar-refractivity contribution in [1.82, 2.24) is 5.32 Å². The molecule has 0 radical (unpaired) electrons.